The third kappa shape index (κ3) is 3.12. The van der Waals surface area contributed by atoms with Crippen molar-refractivity contribution in [1.82, 2.24) is 5.32 Å². The molecule has 1 aromatic rings. The topological polar surface area (TPSA) is 88.0 Å². The molecule has 0 radical (unpaired) electrons. The average molecular weight is 255 g/mol. The van der Waals surface area contributed by atoms with Crippen LogP contribution in [-0.4, -0.2) is 49.6 Å². The van der Waals surface area contributed by atoms with Crippen molar-refractivity contribution in [3.63, 3.8) is 0 Å². The molecule has 6 nitrogen and oxygen atoms in total. The predicted octanol–water partition coefficient (Wildman–Crippen LogP) is -0.213. The van der Waals surface area contributed by atoms with Gasteiger partial charge in [0.05, 0.1) is 33.5 Å². The van der Waals surface area contributed by atoms with Crippen molar-refractivity contribution in [3.8, 4) is 11.5 Å². The number of carbonyl (C=O) groups excluding carboxylic acids is 1. The van der Waals surface area contributed by atoms with Gasteiger partial charge in [-0.05, 0) is 12.1 Å². The van der Waals surface area contributed by atoms with Crippen LogP contribution in [-0.2, 0) is 0 Å². The highest BCUT2D eigenvalue weighted by Gasteiger charge is 2.20. The minimum atomic E-state index is -0.716. The van der Waals surface area contributed by atoms with Crippen LogP contribution in [0.3, 0.4) is 0 Å². The van der Waals surface area contributed by atoms with Crippen LogP contribution in [0, 0.1) is 0 Å². The third-order valence-electron chi connectivity index (χ3n) is 2.43. The van der Waals surface area contributed by atoms with E-state index in [4.69, 9.17) is 19.7 Å². The number of methoxy groups -OCH3 is 2. The summed E-state index contributed by atoms with van der Waals surface area (Å²) in [7, 11) is 2.89. The lowest BCUT2D eigenvalue weighted by molar-refractivity contribution is 0.0873. The first-order valence-corrected chi connectivity index (χ1v) is 5.41. The Kier molecular flexibility index (Phi) is 5.41. The van der Waals surface area contributed by atoms with Crippen LogP contribution < -0.4 is 14.8 Å². The van der Waals surface area contributed by atoms with E-state index in [-0.39, 0.29) is 18.8 Å². The van der Waals surface area contributed by atoms with E-state index >= 15 is 0 Å². The molecule has 18 heavy (non-hydrogen) atoms. The molecule has 0 heterocycles. The largest absolute Gasteiger partial charge is 0.496 e. The van der Waals surface area contributed by atoms with E-state index in [2.05, 4.69) is 5.32 Å². The number of aliphatic hydroxyl groups excluding tert-OH is 2. The van der Waals surface area contributed by atoms with Gasteiger partial charge < -0.3 is 25.0 Å². The van der Waals surface area contributed by atoms with Gasteiger partial charge >= 0.3 is 0 Å². The molecule has 0 bridgehead atoms. The summed E-state index contributed by atoms with van der Waals surface area (Å²) in [6.45, 7) is -0.695. The summed E-state index contributed by atoms with van der Waals surface area (Å²) in [4.78, 5) is 12.0. The highest BCUT2D eigenvalue weighted by atomic mass is 16.5. The second kappa shape index (κ2) is 6.83. The summed E-state index contributed by atoms with van der Waals surface area (Å²) >= 11 is 0. The maximum Gasteiger partial charge on any atom is 0.259 e. The van der Waals surface area contributed by atoms with E-state index in [0.717, 1.165) is 0 Å². The molecule has 0 aliphatic heterocycles. The lowest BCUT2D eigenvalue weighted by Crippen LogP contribution is -2.40. The van der Waals surface area contributed by atoms with Crippen LogP contribution in [0.5, 0.6) is 11.5 Å². The van der Waals surface area contributed by atoms with Crippen molar-refractivity contribution in [2.24, 2.45) is 0 Å². The maximum absolute atomic E-state index is 12.0. The maximum atomic E-state index is 12.0. The molecule has 1 amide bonds. The molecule has 0 fully saturated rings. The van der Waals surface area contributed by atoms with Crippen molar-refractivity contribution in [3.05, 3.63) is 23.8 Å². The van der Waals surface area contributed by atoms with E-state index in [1.807, 2.05) is 0 Å². The van der Waals surface area contributed by atoms with Crippen molar-refractivity contribution < 1.29 is 24.5 Å². The molecule has 1 aromatic carbocycles. The molecule has 0 aliphatic carbocycles. The Morgan fingerprint density at radius 3 is 2.11 bits per heavy atom. The van der Waals surface area contributed by atoms with Crippen molar-refractivity contribution in [1.29, 1.82) is 0 Å². The molecule has 100 valence electrons. The number of ether oxygens (including phenoxy) is 2. The zero-order valence-corrected chi connectivity index (χ0v) is 10.3. The van der Waals surface area contributed by atoms with Gasteiger partial charge in [-0.3, -0.25) is 4.79 Å². The molecular weight excluding hydrogens is 238 g/mol. The Balaban J connectivity index is 3.03. The molecule has 6 heteroatoms. The summed E-state index contributed by atoms with van der Waals surface area (Å²) in [5.74, 6) is 0.250. The van der Waals surface area contributed by atoms with Gasteiger partial charge in [-0.15, -0.1) is 0 Å². The van der Waals surface area contributed by atoms with Crippen LogP contribution in [0.15, 0.2) is 18.2 Å². The monoisotopic (exact) mass is 255 g/mol. The van der Waals surface area contributed by atoms with Gasteiger partial charge in [-0.25, -0.2) is 0 Å². The van der Waals surface area contributed by atoms with Gasteiger partial charge in [0.15, 0.2) is 0 Å². The van der Waals surface area contributed by atoms with Crippen molar-refractivity contribution >= 4 is 5.91 Å². The van der Waals surface area contributed by atoms with Gasteiger partial charge in [0.2, 0.25) is 0 Å². The van der Waals surface area contributed by atoms with Gasteiger partial charge in [0.1, 0.15) is 17.1 Å². The fourth-order valence-electron chi connectivity index (χ4n) is 1.48. The van der Waals surface area contributed by atoms with Crippen LogP contribution in [0.4, 0.5) is 0 Å². The first-order valence-electron chi connectivity index (χ1n) is 5.41. The number of hydrogen-bond acceptors (Lipinski definition) is 5. The third-order valence-corrected chi connectivity index (χ3v) is 2.43. The standard InChI is InChI=1S/C12H17NO5/c1-17-9-4-3-5-10(18-2)11(9)12(16)13-8(6-14)7-15/h3-5,8,14-15H,6-7H2,1-2H3,(H,13,16). The summed E-state index contributed by atoms with van der Waals surface area (Å²) in [6.07, 6.45) is 0. The smallest absolute Gasteiger partial charge is 0.259 e. The number of amides is 1. The van der Waals surface area contributed by atoms with Gasteiger partial charge in [-0.2, -0.15) is 0 Å². The molecule has 0 saturated carbocycles. The highest BCUT2D eigenvalue weighted by Crippen LogP contribution is 2.27. The Labute approximate surface area is 105 Å². The lowest BCUT2D eigenvalue weighted by Gasteiger charge is -2.16. The van der Waals surface area contributed by atoms with E-state index in [0.29, 0.717) is 11.5 Å². The number of aliphatic hydroxyl groups is 2. The Bertz CT molecular complexity index is 381. The van der Waals surface area contributed by atoms with Crippen LogP contribution >= 0.6 is 0 Å². The second-order valence-corrected chi connectivity index (χ2v) is 3.57. The summed E-state index contributed by atoms with van der Waals surface area (Å²) in [6, 6.07) is 4.24. The molecule has 0 aromatic heterocycles. The van der Waals surface area contributed by atoms with Gasteiger partial charge in [0, 0.05) is 0 Å². The number of hydrogen-bond donors (Lipinski definition) is 3. The molecule has 0 unspecified atom stereocenters. The molecule has 0 aliphatic rings. The zero-order valence-electron chi connectivity index (χ0n) is 10.3. The van der Waals surface area contributed by atoms with Crippen molar-refractivity contribution in [2.45, 2.75) is 6.04 Å². The molecule has 0 spiro atoms. The SMILES string of the molecule is COc1cccc(OC)c1C(=O)NC(CO)CO. The lowest BCUT2D eigenvalue weighted by atomic mass is 10.1. The first kappa shape index (κ1) is 14.3. The minimum Gasteiger partial charge on any atom is -0.496 e. The van der Waals surface area contributed by atoms with Gasteiger partial charge in [0.25, 0.3) is 5.91 Å². The number of carbonyl (C=O) groups is 1. The van der Waals surface area contributed by atoms with Crippen LogP contribution in [0.2, 0.25) is 0 Å². The highest BCUT2D eigenvalue weighted by molar-refractivity contribution is 5.99. The molecule has 0 atom stereocenters. The zero-order chi connectivity index (χ0) is 13.5. The predicted molar refractivity (Wildman–Crippen MR) is 65.0 cm³/mol. The molecule has 3 N–H and O–H groups in total. The second-order valence-electron chi connectivity index (χ2n) is 3.57. The fraction of sp³-hybridized carbons (Fsp3) is 0.417. The molecule has 1 rings (SSSR count). The minimum absolute atomic E-state index is 0.231. The average Bonchev–Trinajstić information content (AvgIpc) is 2.43. The normalized spacial score (nSPS) is 10.3. The van der Waals surface area contributed by atoms with Crippen LogP contribution in [0.25, 0.3) is 0 Å². The molecular formula is C12H17NO5. The summed E-state index contributed by atoms with van der Waals surface area (Å²) in [5, 5.41) is 20.4. The van der Waals surface area contributed by atoms with E-state index in [9.17, 15) is 4.79 Å². The molecule has 0 saturated heterocycles. The van der Waals surface area contributed by atoms with Gasteiger partial charge in [-0.1, -0.05) is 6.07 Å². The number of benzene rings is 1. The Morgan fingerprint density at radius 1 is 1.22 bits per heavy atom. The summed E-state index contributed by atoms with van der Waals surface area (Å²) in [5.41, 5.74) is 0.231. The van der Waals surface area contributed by atoms with E-state index in [1.54, 1.807) is 18.2 Å². The Morgan fingerprint density at radius 2 is 1.72 bits per heavy atom. The first-order chi connectivity index (χ1) is 8.67. The number of rotatable bonds is 6. The van der Waals surface area contributed by atoms with Crippen LogP contribution in [0.1, 0.15) is 10.4 Å². The summed E-state index contributed by atoms with van der Waals surface area (Å²) < 4.78 is 10.2. The fourth-order valence-corrected chi connectivity index (χ4v) is 1.48. The van der Waals surface area contributed by atoms with E-state index in [1.165, 1.54) is 14.2 Å². The van der Waals surface area contributed by atoms with E-state index < -0.39 is 11.9 Å². The number of nitrogens with one attached hydrogen (secondary N) is 1. The van der Waals surface area contributed by atoms with Crippen molar-refractivity contribution in [2.75, 3.05) is 27.4 Å². The quantitative estimate of drug-likeness (QED) is 0.654. The Hall–Kier alpha value is -1.79.